The molecule has 1 fully saturated rings. The van der Waals surface area contributed by atoms with E-state index in [1.807, 2.05) is 17.7 Å². The van der Waals surface area contributed by atoms with Crippen molar-refractivity contribution in [1.82, 2.24) is 10.2 Å². The third-order valence-corrected chi connectivity index (χ3v) is 4.85. The molecule has 7 heteroatoms. The van der Waals surface area contributed by atoms with Crippen molar-refractivity contribution in [2.24, 2.45) is 0 Å². The Kier molecular flexibility index (Phi) is 5.87. The monoisotopic (exact) mass is 354 g/mol. The molecule has 1 aromatic rings. The summed E-state index contributed by atoms with van der Waals surface area (Å²) in [7, 11) is 0. The summed E-state index contributed by atoms with van der Waals surface area (Å²) in [6, 6.07) is -0.244. The lowest BCUT2D eigenvalue weighted by atomic mass is 10.00. The number of alkyl carbamates (subject to hydrolysis) is 1. The summed E-state index contributed by atoms with van der Waals surface area (Å²) in [5.41, 5.74) is 1.37. The summed E-state index contributed by atoms with van der Waals surface area (Å²) in [6.45, 7) is 8.01. The Morgan fingerprint density at radius 3 is 2.79 bits per heavy atom. The summed E-state index contributed by atoms with van der Waals surface area (Å²) in [4.78, 5) is 25.5. The second kappa shape index (κ2) is 7.53. The van der Waals surface area contributed by atoms with Gasteiger partial charge in [0.05, 0.1) is 6.04 Å². The van der Waals surface area contributed by atoms with E-state index in [0.29, 0.717) is 25.9 Å². The second-order valence-electron chi connectivity index (χ2n) is 7.08. The highest BCUT2D eigenvalue weighted by atomic mass is 32.1. The molecule has 0 spiro atoms. The highest BCUT2D eigenvalue weighted by Crippen LogP contribution is 2.32. The fourth-order valence-electron chi connectivity index (χ4n) is 2.85. The second-order valence-corrected chi connectivity index (χ2v) is 7.82. The summed E-state index contributed by atoms with van der Waals surface area (Å²) in [5.74, 6) is 0.0120. The van der Waals surface area contributed by atoms with Crippen LogP contribution in [-0.2, 0) is 9.53 Å². The number of ether oxygens (including phenoxy) is 1. The van der Waals surface area contributed by atoms with Gasteiger partial charge in [-0.3, -0.25) is 4.79 Å². The zero-order chi connectivity index (χ0) is 17.9. The molecule has 2 atom stereocenters. The maximum atomic E-state index is 12.1. The van der Waals surface area contributed by atoms with E-state index in [1.165, 1.54) is 0 Å². The van der Waals surface area contributed by atoms with Crippen molar-refractivity contribution in [3.63, 3.8) is 0 Å². The number of carbonyl (C=O) groups is 2. The molecular formula is C17H26N2O4S. The van der Waals surface area contributed by atoms with Crippen LogP contribution in [0.2, 0.25) is 0 Å². The van der Waals surface area contributed by atoms with Gasteiger partial charge in [-0.15, -0.1) is 0 Å². The number of thiophene rings is 1. The zero-order valence-electron chi connectivity index (χ0n) is 14.7. The molecule has 0 bridgehead atoms. The Morgan fingerprint density at radius 2 is 2.21 bits per heavy atom. The van der Waals surface area contributed by atoms with Crippen LogP contribution in [0.1, 0.15) is 50.8 Å². The van der Waals surface area contributed by atoms with Gasteiger partial charge in [0.2, 0.25) is 5.91 Å². The Balaban J connectivity index is 1.91. The highest BCUT2D eigenvalue weighted by Gasteiger charge is 2.36. The van der Waals surface area contributed by atoms with E-state index in [-0.39, 0.29) is 11.9 Å². The van der Waals surface area contributed by atoms with Gasteiger partial charge in [-0.05, 0) is 56.0 Å². The Morgan fingerprint density at radius 1 is 1.50 bits per heavy atom. The van der Waals surface area contributed by atoms with E-state index in [9.17, 15) is 14.7 Å². The minimum absolute atomic E-state index is 0.0120. The molecule has 1 aliphatic heterocycles. The molecule has 0 radical (unpaired) electrons. The van der Waals surface area contributed by atoms with Crippen molar-refractivity contribution in [1.29, 1.82) is 0 Å². The summed E-state index contributed by atoms with van der Waals surface area (Å²) in [5, 5.41) is 17.2. The Hall–Kier alpha value is -1.60. The number of aliphatic hydroxyl groups excluding tert-OH is 1. The quantitative estimate of drug-likeness (QED) is 0.852. The van der Waals surface area contributed by atoms with Gasteiger partial charge in [0.25, 0.3) is 0 Å². The maximum Gasteiger partial charge on any atom is 0.407 e. The van der Waals surface area contributed by atoms with Crippen LogP contribution >= 0.6 is 11.3 Å². The van der Waals surface area contributed by atoms with E-state index in [0.717, 1.165) is 11.1 Å². The van der Waals surface area contributed by atoms with Gasteiger partial charge in [-0.25, -0.2) is 4.79 Å². The lowest BCUT2D eigenvalue weighted by molar-refractivity contribution is -0.130. The molecule has 0 aliphatic carbocycles. The van der Waals surface area contributed by atoms with Gasteiger partial charge < -0.3 is 20.1 Å². The highest BCUT2D eigenvalue weighted by molar-refractivity contribution is 7.08. The van der Waals surface area contributed by atoms with Crippen molar-refractivity contribution in [3.8, 4) is 0 Å². The number of aliphatic hydroxyl groups is 1. The first kappa shape index (κ1) is 18.7. The topological polar surface area (TPSA) is 78.9 Å². The molecule has 1 saturated heterocycles. The normalized spacial score (nSPS) is 19.5. The molecule has 1 aromatic heterocycles. The number of nitrogens with zero attached hydrogens (tertiary/aromatic N) is 1. The van der Waals surface area contributed by atoms with Crippen LogP contribution in [0.25, 0.3) is 0 Å². The number of nitrogens with one attached hydrogen (secondary N) is 1. The number of amides is 2. The molecule has 2 N–H and O–H groups in total. The van der Waals surface area contributed by atoms with Crippen molar-refractivity contribution in [2.75, 3.05) is 13.1 Å². The van der Waals surface area contributed by atoms with Crippen molar-refractivity contribution >= 4 is 23.3 Å². The number of hydrogen-bond acceptors (Lipinski definition) is 5. The SMILES string of the molecule is Cc1cscc1C(O)[C@@H]1CCC(=O)N1CCNC(=O)OC(C)(C)C. The smallest absolute Gasteiger partial charge is 0.407 e. The molecule has 2 amide bonds. The van der Waals surface area contributed by atoms with Gasteiger partial charge >= 0.3 is 6.09 Å². The van der Waals surface area contributed by atoms with Crippen molar-refractivity contribution in [2.45, 2.75) is 58.3 Å². The van der Waals surface area contributed by atoms with Crippen LogP contribution in [0.15, 0.2) is 10.8 Å². The van der Waals surface area contributed by atoms with E-state index >= 15 is 0 Å². The molecule has 6 nitrogen and oxygen atoms in total. The average molecular weight is 354 g/mol. The standard InChI is InChI=1S/C17H26N2O4S/c1-11-9-24-10-12(11)15(21)13-5-6-14(20)19(13)8-7-18-16(22)23-17(2,3)4/h9-10,13,15,21H,5-8H2,1-4H3,(H,18,22)/t13-,15?/m0/s1. The predicted octanol–water partition coefficient (Wildman–Crippen LogP) is 2.61. The fraction of sp³-hybridized carbons (Fsp3) is 0.647. The first-order valence-electron chi connectivity index (χ1n) is 8.16. The molecule has 2 rings (SSSR count). The maximum absolute atomic E-state index is 12.1. The molecule has 134 valence electrons. The van der Waals surface area contributed by atoms with Gasteiger partial charge in [-0.2, -0.15) is 11.3 Å². The fourth-order valence-corrected chi connectivity index (χ4v) is 3.73. The molecule has 0 aromatic carbocycles. The molecule has 0 saturated carbocycles. The average Bonchev–Trinajstić information content (AvgIpc) is 3.03. The van der Waals surface area contributed by atoms with Crippen LogP contribution < -0.4 is 5.32 Å². The van der Waals surface area contributed by atoms with Gasteiger partial charge in [0.15, 0.2) is 0 Å². The summed E-state index contributed by atoms with van der Waals surface area (Å²) < 4.78 is 5.18. The van der Waals surface area contributed by atoms with Gasteiger partial charge in [-0.1, -0.05) is 0 Å². The third kappa shape index (κ3) is 4.70. The first-order valence-corrected chi connectivity index (χ1v) is 9.10. The third-order valence-electron chi connectivity index (χ3n) is 3.97. The van der Waals surface area contributed by atoms with Crippen LogP contribution in [-0.4, -0.2) is 46.7 Å². The number of likely N-dealkylation sites (tertiary alicyclic amines) is 1. The van der Waals surface area contributed by atoms with Crippen molar-refractivity contribution in [3.05, 3.63) is 21.9 Å². The van der Waals surface area contributed by atoms with Crippen LogP contribution in [0.4, 0.5) is 4.79 Å². The van der Waals surface area contributed by atoms with E-state index < -0.39 is 17.8 Å². The number of rotatable bonds is 5. The number of carbonyl (C=O) groups excluding carboxylic acids is 2. The minimum Gasteiger partial charge on any atom is -0.444 e. The van der Waals surface area contributed by atoms with E-state index in [4.69, 9.17) is 4.74 Å². The van der Waals surface area contributed by atoms with Gasteiger partial charge in [0.1, 0.15) is 11.7 Å². The lowest BCUT2D eigenvalue weighted by Crippen LogP contribution is -2.43. The largest absolute Gasteiger partial charge is 0.444 e. The first-order chi connectivity index (χ1) is 11.2. The lowest BCUT2D eigenvalue weighted by Gasteiger charge is -2.29. The van der Waals surface area contributed by atoms with Gasteiger partial charge in [0, 0.05) is 19.5 Å². The van der Waals surface area contributed by atoms with Crippen molar-refractivity contribution < 1.29 is 19.4 Å². The Labute approximate surface area is 146 Å². The summed E-state index contributed by atoms with van der Waals surface area (Å²) >= 11 is 1.55. The molecule has 2 heterocycles. The molecule has 24 heavy (non-hydrogen) atoms. The molecule has 1 unspecified atom stereocenters. The predicted molar refractivity (Wildman–Crippen MR) is 93.0 cm³/mol. The molecule has 1 aliphatic rings. The van der Waals surface area contributed by atoms with Crippen LogP contribution in [0.5, 0.6) is 0 Å². The molecular weight excluding hydrogens is 328 g/mol. The van der Waals surface area contributed by atoms with E-state index in [1.54, 1.807) is 37.0 Å². The van der Waals surface area contributed by atoms with Crippen LogP contribution in [0, 0.1) is 6.92 Å². The Bertz CT molecular complexity index is 594. The van der Waals surface area contributed by atoms with E-state index in [2.05, 4.69) is 5.32 Å². The van der Waals surface area contributed by atoms with Crippen LogP contribution in [0.3, 0.4) is 0 Å². The number of hydrogen-bond donors (Lipinski definition) is 2. The summed E-state index contributed by atoms with van der Waals surface area (Å²) in [6.07, 6.45) is -0.136. The number of aryl methyl sites for hydroxylation is 1. The minimum atomic E-state index is -0.691. The zero-order valence-corrected chi connectivity index (χ0v) is 15.5.